The van der Waals surface area contributed by atoms with Crippen LogP contribution in [-0.4, -0.2) is 18.3 Å². The molecule has 13 rings (SSSR count). The Labute approximate surface area is 333 Å². The summed E-state index contributed by atoms with van der Waals surface area (Å²) in [5.41, 5.74) is 14.2. The minimum Gasteiger partial charge on any atom is -0.309 e. The number of rotatable bonds is 4. The minimum absolute atomic E-state index is 1.12. The van der Waals surface area contributed by atoms with Gasteiger partial charge in [-0.3, -0.25) is 0 Å². The lowest BCUT2D eigenvalue weighted by Gasteiger charge is -2.14. The van der Waals surface area contributed by atoms with E-state index in [1.807, 2.05) is 0 Å². The van der Waals surface area contributed by atoms with Gasteiger partial charge in [0.25, 0.3) is 0 Å². The molecule has 0 bridgehead atoms. The topological polar surface area (TPSA) is 19.7 Å². The number of aromatic nitrogens is 4. The van der Waals surface area contributed by atoms with Crippen molar-refractivity contribution >= 4 is 87.2 Å². The molecule has 4 heteroatoms. The van der Waals surface area contributed by atoms with Crippen molar-refractivity contribution < 1.29 is 0 Å². The quantitative estimate of drug-likeness (QED) is 0.171. The summed E-state index contributed by atoms with van der Waals surface area (Å²) in [6.45, 7) is 0. The summed E-state index contributed by atoms with van der Waals surface area (Å²) < 4.78 is 9.79. The van der Waals surface area contributed by atoms with Crippen molar-refractivity contribution in [2.24, 2.45) is 0 Å². The van der Waals surface area contributed by atoms with E-state index in [1.54, 1.807) is 0 Å². The van der Waals surface area contributed by atoms with Crippen molar-refractivity contribution in [3.63, 3.8) is 0 Å². The lowest BCUT2D eigenvalue weighted by molar-refractivity contribution is 1.14. The van der Waals surface area contributed by atoms with Gasteiger partial charge in [-0.1, -0.05) is 121 Å². The first-order valence-corrected chi connectivity index (χ1v) is 20.0. The van der Waals surface area contributed by atoms with Crippen LogP contribution in [0.15, 0.2) is 206 Å². The highest BCUT2D eigenvalue weighted by Crippen LogP contribution is 2.43. The van der Waals surface area contributed by atoms with Gasteiger partial charge in [0.15, 0.2) is 0 Å². The summed E-state index contributed by atoms with van der Waals surface area (Å²) in [6, 6.07) is 75.4. The Bertz CT molecular complexity index is 3780. The molecular formula is C54H34N4. The molecule has 0 aliphatic heterocycles. The molecule has 0 radical (unpaired) electrons. The fourth-order valence-electron chi connectivity index (χ4n) is 9.97. The van der Waals surface area contributed by atoms with Crippen molar-refractivity contribution in [3.05, 3.63) is 206 Å². The summed E-state index contributed by atoms with van der Waals surface area (Å²) in [5.74, 6) is 0. The Balaban J connectivity index is 1.11. The van der Waals surface area contributed by atoms with Gasteiger partial charge in [0.2, 0.25) is 0 Å². The van der Waals surface area contributed by atoms with Crippen LogP contribution >= 0.6 is 0 Å². The third-order valence-electron chi connectivity index (χ3n) is 12.3. The second kappa shape index (κ2) is 11.8. The van der Waals surface area contributed by atoms with Crippen LogP contribution in [0, 0.1) is 0 Å². The molecule has 0 spiro atoms. The van der Waals surface area contributed by atoms with Gasteiger partial charge in [-0.05, 0) is 84.9 Å². The molecule has 4 nitrogen and oxygen atoms in total. The minimum atomic E-state index is 1.12. The van der Waals surface area contributed by atoms with Gasteiger partial charge in [-0.15, -0.1) is 0 Å². The molecule has 0 aliphatic rings. The molecule has 0 aliphatic carbocycles. The predicted molar refractivity (Wildman–Crippen MR) is 244 cm³/mol. The Hall–Kier alpha value is -7.82. The van der Waals surface area contributed by atoms with Crippen LogP contribution in [0.4, 0.5) is 0 Å². The number of benzene rings is 9. The molecule has 0 fully saturated rings. The maximum atomic E-state index is 2.50. The van der Waals surface area contributed by atoms with Gasteiger partial charge in [0.1, 0.15) is 0 Å². The van der Waals surface area contributed by atoms with E-state index in [1.165, 1.54) is 87.2 Å². The van der Waals surface area contributed by atoms with E-state index in [0.29, 0.717) is 0 Å². The molecule has 13 aromatic rings. The van der Waals surface area contributed by atoms with E-state index in [-0.39, 0.29) is 0 Å². The first kappa shape index (κ1) is 31.4. The Morgan fingerprint density at radius 1 is 0.207 bits per heavy atom. The number of hydrogen-bond donors (Lipinski definition) is 0. The zero-order valence-corrected chi connectivity index (χ0v) is 31.4. The van der Waals surface area contributed by atoms with E-state index < -0.39 is 0 Å². The van der Waals surface area contributed by atoms with Crippen LogP contribution in [0.2, 0.25) is 0 Å². The van der Waals surface area contributed by atoms with E-state index in [2.05, 4.69) is 225 Å². The number of nitrogens with zero attached hydrogens (tertiary/aromatic N) is 4. The average molecular weight is 739 g/mol. The van der Waals surface area contributed by atoms with Crippen LogP contribution in [0.3, 0.4) is 0 Å². The molecule has 4 heterocycles. The second-order valence-electron chi connectivity index (χ2n) is 15.3. The Morgan fingerprint density at radius 3 is 1.17 bits per heavy atom. The molecule has 0 atom stereocenters. The molecular weight excluding hydrogens is 705 g/mol. The molecule has 0 unspecified atom stereocenters. The molecule has 0 saturated heterocycles. The number of hydrogen-bond acceptors (Lipinski definition) is 0. The summed E-state index contributed by atoms with van der Waals surface area (Å²) in [4.78, 5) is 0. The average Bonchev–Trinajstić information content (AvgIpc) is 4.01. The third-order valence-corrected chi connectivity index (χ3v) is 12.3. The van der Waals surface area contributed by atoms with Gasteiger partial charge < -0.3 is 18.3 Å². The predicted octanol–water partition coefficient (Wildman–Crippen LogP) is 14.1. The second-order valence-corrected chi connectivity index (χ2v) is 15.3. The summed E-state index contributed by atoms with van der Waals surface area (Å²) >= 11 is 0. The van der Waals surface area contributed by atoms with Crippen LogP contribution in [-0.2, 0) is 0 Å². The summed E-state index contributed by atoms with van der Waals surface area (Å²) in [6.07, 6.45) is 0. The Kier molecular flexibility index (Phi) is 6.41. The monoisotopic (exact) mass is 738 g/mol. The van der Waals surface area contributed by atoms with Gasteiger partial charge >= 0.3 is 0 Å². The van der Waals surface area contributed by atoms with Gasteiger partial charge in [-0.2, -0.15) is 0 Å². The molecule has 0 N–H and O–H groups in total. The third kappa shape index (κ3) is 4.23. The highest BCUT2D eigenvalue weighted by atomic mass is 15.0. The van der Waals surface area contributed by atoms with Gasteiger partial charge in [-0.25, -0.2) is 0 Å². The zero-order valence-electron chi connectivity index (χ0n) is 31.4. The maximum Gasteiger partial charge on any atom is 0.0641 e. The first-order valence-electron chi connectivity index (χ1n) is 20.0. The summed E-state index contributed by atoms with van der Waals surface area (Å²) in [5, 5.41) is 9.96. The molecule has 0 saturated carbocycles. The van der Waals surface area contributed by atoms with E-state index in [9.17, 15) is 0 Å². The van der Waals surface area contributed by atoms with Crippen molar-refractivity contribution in [1.29, 1.82) is 0 Å². The standard InChI is InChI=1S/C54H34N4/c1-3-16-35(17-4-1)55-49-29-14-10-25-43(49)53-50(55)31-30-42-39-22-7-13-28-48(39)58(54(42)53)38-21-15-20-37(32-38)57-47-27-12-9-24-41(47)45-33-51-44(34-52(45)57)40-23-8-11-26-46(40)56(51)36-18-5-2-6-19-36/h1-34H. The van der Waals surface area contributed by atoms with Crippen LogP contribution < -0.4 is 0 Å². The lowest BCUT2D eigenvalue weighted by atomic mass is 10.1. The van der Waals surface area contributed by atoms with Crippen molar-refractivity contribution in [2.45, 2.75) is 0 Å². The molecule has 58 heavy (non-hydrogen) atoms. The smallest absolute Gasteiger partial charge is 0.0641 e. The van der Waals surface area contributed by atoms with Gasteiger partial charge in [0, 0.05) is 65.8 Å². The largest absolute Gasteiger partial charge is 0.309 e. The van der Waals surface area contributed by atoms with Crippen molar-refractivity contribution in [2.75, 3.05) is 0 Å². The summed E-state index contributed by atoms with van der Waals surface area (Å²) in [7, 11) is 0. The highest BCUT2D eigenvalue weighted by Gasteiger charge is 2.22. The SMILES string of the molecule is c1ccc(-n2c3ccccc3c3cc4c(cc32)c2ccccc2n4-c2cccc(-n3c4ccccc4c4ccc5c(c6ccccc6n5-c5ccccc5)c43)c2)cc1. The van der Waals surface area contributed by atoms with Crippen LogP contribution in [0.5, 0.6) is 0 Å². The Morgan fingerprint density at radius 2 is 0.603 bits per heavy atom. The van der Waals surface area contributed by atoms with Crippen LogP contribution in [0.1, 0.15) is 0 Å². The molecule has 9 aromatic carbocycles. The molecule has 4 aromatic heterocycles. The fraction of sp³-hybridized carbons (Fsp3) is 0. The normalized spacial score (nSPS) is 12.1. The number of fused-ring (bicyclic) bond motifs is 13. The van der Waals surface area contributed by atoms with E-state index in [0.717, 1.165) is 22.7 Å². The van der Waals surface area contributed by atoms with E-state index >= 15 is 0 Å². The zero-order chi connectivity index (χ0) is 37.9. The maximum absolute atomic E-state index is 2.50. The molecule has 0 amide bonds. The van der Waals surface area contributed by atoms with Gasteiger partial charge in [0.05, 0.1) is 44.1 Å². The molecule has 270 valence electrons. The first-order chi connectivity index (χ1) is 28.8. The van der Waals surface area contributed by atoms with Crippen molar-refractivity contribution in [1.82, 2.24) is 18.3 Å². The fourth-order valence-corrected chi connectivity index (χ4v) is 9.97. The van der Waals surface area contributed by atoms with E-state index in [4.69, 9.17) is 0 Å². The lowest BCUT2D eigenvalue weighted by Crippen LogP contribution is -1.99. The van der Waals surface area contributed by atoms with Crippen LogP contribution in [0.25, 0.3) is 110 Å². The van der Waals surface area contributed by atoms with Crippen molar-refractivity contribution in [3.8, 4) is 22.7 Å². The number of para-hydroxylation sites is 6. The highest BCUT2D eigenvalue weighted by molar-refractivity contribution is 6.26.